The Morgan fingerprint density at radius 2 is 2.00 bits per heavy atom. The second-order valence-corrected chi connectivity index (χ2v) is 5.08. The molecule has 0 bridgehead atoms. The minimum Gasteiger partial charge on any atom is -0.497 e. The van der Waals surface area contributed by atoms with Crippen LogP contribution in [0.1, 0.15) is 10.4 Å². The van der Waals surface area contributed by atoms with Gasteiger partial charge in [0.25, 0.3) is 5.69 Å². The van der Waals surface area contributed by atoms with E-state index in [1.54, 1.807) is 24.3 Å². The maximum absolute atomic E-state index is 11.2. The van der Waals surface area contributed by atoms with Gasteiger partial charge in [-0.05, 0) is 24.3 Å². The van der Waals surface area contributed by atoms with Crippen LogP contribution in [0, 0.1) is 10.1 Å². The third-order valence-corrected chi connectivity index (χ3v) is 3.81. The molecule has 0 saturated heterocycles. The number of carboxylic acids is 1. The number of benzene rings is 2. The average Bonchev–Trinajstić information content (AvgIpc) is 2.47. The first kappa shape index (κ1) is 14.9. The van der Waals surface area contributed by atoms with Crippen LogP contribution in [-0.2, 0) is 0 Å². The van der Waals surface area contributed by atoms with E-state index in [0.29, 0.717) is 10.6 Å². The zero-order chi connectivity index (χ0) is 15.4. The predicted octanol–water partition coefficient (Wildman–Crippen LogP) is 3.45. The van der Waals surface area contributed by atoms with Crippen LogP contribution in [0.5, 0.6) is 5.75 Å². The summed E-state index contributed by atoms with van der Waals surface area (Å²) in [6.07, 6.45) is 0. The zero-order valence-electron chi connectivity index (χ0n) is 11.0. The number of nitro benzene ring substituents is 1. The van der Waals surface area contributed by atoms with Crippen LogP contribution in [-0.4, -0.2) is 23.1 Å². The van der Waals surface area contributed by atoms with Crippen LogP contribution < -0.4 is 4.74 Å². The molecule has 0 amide bonds. The Morgan fingerprint density at radius 1 is 1.29 bits per heavy atom. The fourth-order valence-corrected chi connectivity index (χ4v) is 2.80. The Kier molecular flexibility index (Phi) is 4.44. The van der Waals surface area contributed by atoms with Crippen LogP contribution in [0.2, 0.25) is 0 Å². The van der Waals surface area contributed by atoms with Crippen molar-refractivity contribution >= 4 is 23.4 Å². The average molecular weight is 305 g/mol. The van der Waals surface area contributed by atoms with Crippen molar-refractivity contribution in [3.8, 4) is 5.75 Å². The smallest absolute Gasteiger partial charge is 0.337 e. The fraction of sp³-hybridized carbons (Fsp3) is 0.0714. The van der Waals surface area contributed by atoms with Gasteiger partial charge in [0.1, 0.15) is 10.6 Å². The Morgan fingerprint density at radius 3 is 2.62 bits per heavy atom. The second kappa shape index (κ2) is 6.27. The van der Waals surface area contributed by atoms with Gasteiger partial charge in [0.2, 0.25) is 0 Å². The van der Waals surface area contributed by atoms with E-state index in [0.717, 1.165) is 11.8 Å². The fourth-order valence-electron chi connectivity index (χ4n) is 1.73. The van der Waals surface area contributed by atoms with Crippen molar-refractivity contribution in [3.63, 3.8) is 0 Å². The van der Waals surface area contributed by atoms with Gasteiger partial charge in [-0.1, -0.05) is 23.9 Å². The first-order valence-corrected chi connectivity index (χ1v) is 6.67. The highest BCUT2D eigenvalue weighted by atomic mass is 32.2. The second-order valence-electron chi connectivity index (χ2n) is 4.00. The SMILES string of the molecule is COc1cccc(Sc2c(C(=O)O)cccc2[N+](=O)[O-])c1. The van der Waals surface area contributed by atoms with Gasteiger partial charge in [0.05, 0.1) is 17.6 Å². The highest BCUT2D eigenvalue weighted by Gasteiger charge is 2.22. The maximum atomic E-state index is 11.2. The number of carboxylic acid groups (broad SMARTS) is 1. The topological polar surface area (TPSA) is 89.7 Å². The van der Waals surface area contributed by atoms with Crippen molar-refractivity contribution in [3.05, 3.63) is 58.1 Å². The first-order chi connectivity index (χ1) is 10.0. The number of aromatic carboxylic acids is 1. The van der Waals surface area contributed by atoms with Gasteiger partial charge in [-0.15, -0.1) is 0 Å². The van der Waals surface area contributed by atoms with Gasteiger partial charge in [0, 0.05) is 11.0 Å². The number of rotatable bonds is 5. The van der Waals surface area contributed by atoms with E-state index in [4.69, 9.17) is 4.74 Å². The molecule has 21 heavy (non-hydrogen) atoms. The Balaban J connectivity index is 2.50. The molecular formula is C14H11NO5S. The summed E-state index contributed by atoms with van der Waals surface area (Å²) in [5, 5.41) is 20.3. The third kappa shape index (κ3) is 3.32. The molecule has 108 valence electrons. The molecule has 2 rings (SSSR count). The van der Waals surface area contributed by atoms with Crippen molar-refractivity contribution in [1.29, 1.82) is 0 Å². The molecule has 6 nitrogen and oxygen atoms in total. The van der Waals surface area contributed by atoms with Crippen molar-refractivity contribution in [1.82, 2.24) is 0 Å². The number of hydrogen-bond donors (Lipinski definition) is 1. The van der Waals surface area contributed by atoms with E-state index in [-0.39, 0.29) is 16.1 Å². The molecule has 0 aliphatic heterocycles. The van der Waals surface area contributed by atoms with Crippen molar-refractivity contribution in [2.24, 2.45) is 0 Å². The molecule has 0 heterocycles. The summed E-state index contributed by atoms with van der Waals surface area (Å²) < 4.78 is 5.08. The molecular weight excluding hydrogens is 294 g/mol. The van der Waals surface area contributed by atoms with Gasteiger partial charge in [-0.25, -0.2) is 4.79 Å². The summed E-state index contributed by atoms with van der Waals surface area (Å²) in [6.45, 7) is 0. The number of ether oxygens (including phenoxy) is 1. The van der Waals surface area contributed by atoms with Crippen LogP contribution in [0.3, 0.4) is 0 Å². The van der Waals surface area contributed by atoms with E-state index in [1.165, 1.54) is 25.3 Å². The van der Waals surface area contributed by atoms with Crippen molar-refractivity contribution in [2.45, 2.75) is 9.79 Å². The largest absolute Gasteiger partial charge is 0.497 e. The Hall–Kier alpha value is -2.54. The molecule has 1 N–H and O–H groups in total. The van der Waals surface area contributed by atoms with Gasteiger partial charge in [-0.2, -0.15) is 0 Å². The summed E-state index contributed by atoms with van der Waals surface area (Å²) in [5.74, 6) is -0.612. The first-order valence-electron chi connectivity index (χ1n) is 5.85. The molecule has 0 unspecified atom stereocenters. The standard InChI is InChI=1S/C14H11NO5S/c1-20-9-4-2-5-10(8-9)21-13-11(14(16)17)6-3-7-12(13)15(18)19/h2-8H,1H3,(H,16,17). The van der Waals surface area contributed by atoms with E-state index in [1.807, 2.05) is 0 Å². The van der Waals surface area contributed by atoms with Crippen molar-refractivity contribution in [2.75, 3.05) is 7.11 Å². The zero-order valence-corrected chi connectivity index (χ0v) is 11.8. The molecule has 0 fully saturated rings. The summed E-state index contributed by atoms with van der Waals surface area (Å²) in [5.41, 5.74) is -0.334. The van der Waals surface area contributed by atoms with E-state index >= 15 is 0 Å². The Bertz CT molecular complexity index is 669. The summed E-state index contributed by atoms with van der Waals surface area (Å²) in [4.78, 5) is 22.5. The quantitative estimate of drug-likeness (QED) is 0.672. The number of nitrogens with zero attached hydrogens (tertiary/aromatic N) is 1. The molecule has 0 radical (unpaired) electrons. The molecule has 0 aliphatic rings. The highest BCUT2D eigenvalue weighted by Crippen LogP contribution is 2.38. The van der Waals surface area contributed by atoms with Crippen LogP contribution in [0.15, 0.2) is 52.3 Å². The molecule has 0 saturated carbocycles. The molecule has 0 aliphatic carbocycles. The lowest BCUT2D eigenvalue weighted by Crippen LogP contribution is -2.02. The predicted molar refractivity (Wildman–Crippen MR) is 77.2 cm³/mol. The maximum Gasteiger partial charge on any atom is 0.337 e. The van der Waals surface area contributed by atoms with Gasteiger partial charge < -0.3 is 9.84 Å². The minimum atomic E-state index is -1.20. The lowest BCUT2D eigenvalue weighted by Gasteiger charge is -2.07. The molecule has 2 aromatic rings. The van der Waals surface area contributed by atoms with Crippen LogP contribution in [0.25, 0.3) is 0 Å². The summed E-state index contributed by atoms with van der Waals surface area (Å²) in [6, 6.07) is 10.9. The number of hydrogen-bond acceptors (Lipinski definition) is 5. The highest BCUT2D eigenvalue weighted by molar-refractivity contribution is 7.99. The van der Waals surface area contributed by atoms with E-state index in [9.17, 15) is 20.0 Å². The molecule has 0 atom stereocenters. The van der Waals surface area contributed by atoms with Gasteiger partial charge in [-0.3, -0.25) is 10.1 Å². The number of carbonyl (C=O) groups is 1. The lowest BCUT2D eigenvalue weighted by atomic mass is 10.2. The monoisotopic (exact) mass is 305 g/mol. The summed E-state index contributed by atoms with van der Waals surface area (Å²) in [7, 11) is 1.51. The summed E-state index contributed by atoms with van der Waals surface area (Å²) >= 11 is 1.02. The van der Waals surface area contributed by atoms with Crippen LogP contribution in [0.4, 0.5) is 5.69 Å². The molecule has 7 heteroatoms. The van der Waals surface area contributed by atoms with Gasteiger partial charge in [0.15, 0.2) is 0 Å². The number of nitro groups is 1. The molecule has 2 aromatic carbocycles. The van der Waals surface area contributed by atoms with Crippen LogP contribution >= 0.6 is 11.8 Å². The van der Waals surface area contributed by atoms with Crippen molar-refractivity contribution < 1.29 is 19.6 Å². The number of methoxy groups -OCH3 is 1. The lowest BCUT2D eigenvalue weighted by molar-refractivity contribution is -0.387. The minimum absolute atomic E-state index is 0.1000. The third-order valence-electron chi connectivity index (χ3n) is 2.68. The van der Waals surface area contributed by atoms with E-state index in [2.05, 4.69) is 0 Å². The van der Waals surface area contributed by atoms with E-state index < -0.39 is 10.9 Å². The molecule has 0 aromatic heterocycles. The Labute approximate surface area is 124 Å². The normalized spacial score (nSPS) is 10.1. The van der Waals surface area contributed by atoms with Gasteiger partial charge >= 0.3 is 5.97 Å². The molecule has 0 spiro atoms.